The number of hydrogen-bond donors (Lipinski definition) is 1. The molecule has 1 heterocycles. The van der Waals surface area contributed by atoms with Gasteiger partial charge in [0.2, 0.25) is 0 Å². The minimum atomic E-state index is -0.939. The van der Waals surface area contributed by atoms with Gasteiger partial charge in [-0.2, -0.15) is 0 Å². The molecule has 0 aliphatic heterocycles. The quantitative estimate of drug-likeness (QED) is 0.119. The molecule has 0 radical (unpaired) electrons. The van der Waals surface area contributed by atoms with Crippen molar-refractivity contribution in [3.05, 3.63) is 129 Å². The van der Waals surface area contributed by atoms with E-state index in [-0.39, 0.29) is 23.0 Å². The molecule has 42 heavy (non-hydrogen) atoms. The Balaban J connectivity index is 0.000000203. The van der Waals surface area contributed by atoms with Crippen molar-refractivity contribution in [2.75, 3.05) is 0 Å². The van der Waals surface area contributed by atoms with E-state index in [1.807, 2.05) is 49.4 Å². The van der Waals surface area contributed by atoms with Crippen LogP contribution in [0.5, 0.6) is 0 Å². The Morgan fingerprint density at radius 3 is 2.48 bits per heavy atom. The van der Waals surface area contributed by atoms with Crippen molar-refractivity contribution < 1.29 is 19.5 Å². The minimum Gasteiger partial charge on any atom is -0.478 e. The minimum absolute atomic E-state index is 0.0292. The highest BCUT2D eigenvalue weighted by atomic mass is 127. The summed E-state index contributed by atoms with van der Waals surface area (Å²) in [5.41, 5.74) is 3.63. The number of carboxylic acid groups (broad SMARTS) is 1. The third-order valence-corrected chi connectivity index (χ3v) is 8.51. The third kappa shape index (κ3) is 5.16. The van der Waals surface area contributed by atoms with Crippen LogP contribution in [0.15, 0.2) is 104 Å². The summed E-state index contributed by atoms with van der Waals surface area (Å²) in [6.45, 7) is 1.93. The van der Waals surface area contributed by atoms with E-state index < -0.39 is 11.9 Å². The summed E-state index contributed by atoms with van der Waals surface area (Å²) in [5, 5.41) is 13.8. The molecule has 0 amide bonds. The second-order valence-electron chi connectivity index (χ2n) is 10.4. The molecule has 2 unspecified atom stereocenters. The number of rotatable bonds is 3. The van der Waals surface area contributed by atoms with E-state index in [4.69, 9.17) is 5.11 Å². The van der Waals surface area contributed by atoms with E-state index in [9.17, 15) is 14.4 Å². The summed E-state index contributed by atoms with van der Waals surface area (Å²) in [6.07, 6.45) is 3.49. The van der Waals surface area contributed by atoms with Crippen LogP contribution in [-0.2, 0) is 11.2 Å². The molecule has 0 fully saturated rings. The lowest BCUT2D eigenvalue weighted by Gasteiger charge is -2.28. The zero-order valence-electron chi connectivity index (χ0n) is 22.6. The fraction of sp³-hybridized carbons (Fsp3) is 0.114. The number of carboxylic acids is 1. The predicted octanol–water partition coefficient (Wildman–Crippen LogP) is 7.65. The zero-order valence-corrected chi connectivity index (χ0v) is 24.8. The van der Waals surface area contributed by atoms with E-state index in [0.29, 0.717) is 6.42 Å². The van der Waals surface area contributed by atoms with Crippen molar-refractivity contribution >= 4 is 72.6 Å². The van der Waals surface area contributed by atoms with Crippen LogP contribution in [0, 0.1) is 9.49 Å². The average Bonchev–Trinajstić information content (AvgIpc) is 3.01. The first-order valence-electron chi connectivity index (χ1n) is 13.5. The molecule has 0 spiro atoms. The van der Waals surface area contributed by atoms with Crippen LogP contribution in [0.1, 0.15) is 44.7 Å². The number of aromatic nitrogens is 2. The molecule has 0 bridgehead atoms. The second-order valence-corrected chi connectivity index (χ2v) is 11.6. The normalized spacial score (nSPS) is 16.2. The summed E-state index contributed by atoms with van der Waals surface area (Å²) < 4.78 is 1.11. The summed E-state index contributed by atoms with van der Waals surface area (Å²) in [5.74, 6) is -1.84. The molecule has 2 atom stereocenters. The van der Waals surface area contributed by atoms with E-state index in [1.165, 1.54) is 12.4 Å². The van der Waals surface area contributed by atoms with E-state index in [0.717, 1.165) is 52.7 Å². The first-order valence-corrected chi connectivity index (χ1v) is 14.6. The lowest BCUT2D eigenvalue weighted by atomic mass is 9.72. The molecule has 206 valence electrons. The standard InChI is InChI=1S/C26H19IO2.C9H6N2O2/c1-15-19-11-12-21-20-8-3-2-6-17(20)9-10-22(21)24(19)26(29)23(25(15)28)14-16-5-4-7-18(27)13-16;12-9(13)6-1-2-8-7(3-6)4-10-5-11-8/h2-13,15,23H,14H2,1H3;1-5H,(H,12,13). The number of aromatic carboxylic acids is 1. The molecule has 5 aromatic carbocycles. The largest absolute Gasteiger partial charge is 0.478 e. The van der Waals surface area contributed by atoms with Crippen LogP contribution in [-0.4, -0.2) is 32.6 Å². The Morgan fingerprint density at radius 2 is 1.67 bits per heavy atom. The number of Topliss-reactive ketones (excluding diaryl/α,β-unsaturated/α-hetero) is 2. The Hall–Kier alpha value is -4.50. The molecule has 7 heteroatoms. The molecule has 1 aromatic heterocycles. The van der Waals surface area contributed by atoms with Crippen LogP contribution in [0.25, 0.3) is 32.4 Å². The zero-order chi connectivity index (χ0) is 29.4. The highest BCUT2D eigenvalue weighted by Gasteiger charge is 2.39. The maximum atomic E-state index is 13.6. The number of carbonyl (C=O) groups excluding carboxylic acids is 2. The molecule has 6 aromatic rings. The first kappa shape index (κ1) is 27.7. The smallest absolute Gasteiger partial charge is 0.335 e. The monoisotopic (exact) mass is 664 g/mol. The number of benzene rings is 5. The number of halogens is 1. The molecule has 7 rings (SSSR count). The summed E-state index contributed by atoms with van der Waals surface area (Å²) in [6, 6.07) is 29.2. The van der Waals surface area contributed by atoms with Crippen LogP contribution in [0.3, 0.4) is 0 Å². The lowest BCUT2D eigenvalue weighted by Crippen LogP contribution is -2.35. The van der Waals surface area contributed by atoms with Gasteiger partial charge in [0, 0.05) is 26.6 Å². The second kappa shape index (κ2) is 11.4. The van der Waals surface area contributed by atoms with Crippen LogP contribution in [0.4, 0.5) is 0 Å². The molecular weight excluding hydrogens is 639 g/mol. The SMILES string of the molecule is CC1C(=O)C(Cc2cccc(I)c2)C(=O)c2c1ccc1c2ccc2ccccc21.O=C(O)c1ccc2ncncc2c1. The van der Waals surface area contributed by atoms with Gasteiger partial charge in [0.05, 0.1) is 17.0 Å². The maximum Gasteiger partial charge on any atom is 0.335 e. The van der Waals surface area contributed by atoms with Gasteiger partial charge in [-0.05, 0) is 92.0 Å². The molecular formula is C35H25IN2O4. The van der Waals surface area contributed by atoms with Crippen molar-refractivity contribution in [2.45, 2.75) is 19.3 Å². The van der Waals surface area contributed by atoms with Gasteiger partial charge in [0.15, 0.2) is 11.6 Å². The van der Waals surface area contributed by atoms with Gasteiger partial charge in [-0.25, -0.2) is 14.8 Å². The van der Waals surface area contributed by atoms with E-state index in [1.54, 1.807) is 18.3 Å². The predicted molar refractivity (Wildman–Crippen MR) is 172 cm³/mol. The molecule has 1 aliphatic carbocycles. The topological polar surface area (TPSA) is 97.2 Å². The van der Waals surface area contributed by atoms with Gasteiger partial charge in [0.25, 0.3) is 0 Å². The van der Waals surface area contributed by atoms with Gasteiger partial charge >= 0.3 is 5.97 Å². The Kier molecular flexibility index (Phi) is 7.51. The average molecular weight is 664 g/mol. The molecule has 1 N–H and O–H groups in total. The fourth-order valence-electron chi connectivity index (χ4n) is 5.71. The molecule has 6 nitrogen and oxygen atoms in total. The van der Waals surface area contributed by atoms with Crippen molar-refractivity contribution in [1.82, 2.24) is 9.97 Å². The van der Waals surface area contributed by atoms with Crippen LogP contribution < -0.4 is 0 Å². The molecule has 1 aliphatic rings. The van der Waals surface area contributed by atoms with Crippen LogP contribution >= 0.6 is 22.6 Å². The van der Waals surface area contributed by atoms with Gasteiger partial charge in [0.1, 0.15) is 6.33 Å². The van der Waals surface area contributed by atoms with Gasteiger partial charge in [-0.3, -0.25) is 9.59 Å². The van der Waals surface area contributed by atoms with Crippen LogP contribution in [0.2, 0.25) is 0 Å². The number of fused-ring (bicyclic) bond motifs is 6. The lowest BCUT2D eigenvalue weighted by molar-refractivity contribution is -0.122. The highest BCUT2D eigenvalue weighted by Crippen LogP contribution is 2.39. The van der Waals surface area contributed by atoms with Gasteiger partial charge in [-0.1, -0.05) is 67.6 Å². The summed E-state index contributed by atoms with van der Waals surface area (Å²) in [4.78, 5) is 45.1. The van der Waals surface area contributed by atoms with Gasteiger partial charge < -0.3 is 5.11 Å². The Morgan fingerprint density at radius 1 is 0.857 bits per heavy atom. The van der Waals surface area contributed by atoms with Crippen molar-refractivity contribution in [1.29, 1.82) is 0 Å². The Labute approximate surface area is 255 Å². The number of hydrogen-bond acceptors (Lipinski definition) is 5. The fourth-order valence-corrected chi connectivity index (χ4v) is 6.32. The van der Waals surface area contributed by atoms with E-state index >= 15 is 0 Å². The number of ketones is 2. The third-order valence-electron chi connectivity index (χ3n) is 7.84. The summed E-state index contributed by atoms with van der Waals surface area (Å²) >= 11 is 2.26. The van der Waals surface area contributed by atoms with Gasteiger partial charge in [-0.15, -0.1) is 0 Å². The van der Waals surface area contributed by atoms with E-state index in [2.05, 4.69) is 62.9 Å². The highest BCUT2D eigenvalue weighted by molar-refractivity contribution is 14.1. The summed E-state index contributed by atoms with van der Waals surface area (Å²) in [7, 11) is 0. The van der Waals surface area contributed by atoms with Crippen molar-refractivity contribution in [2.24, 2.45) is 5.92 Å². The maximum absolute atomic E-state index is 13.6. The number of carbonyl (C=O) groups is 3. The Bertz CT molecular complexity index is 2040. The van der Waals surface area contributed by atoms with Crippen molar-refractivity contribution in [3.8, 4) is 0 Å². The molecule has 0 saturated carbocycles. The number of nitrogens with zero attached hydrogens (tertiary/aromatic N) is 2. The van der Waals surface area contributed by atoms with Crippen molar-refractivity contribution in [3.63, 3.8) is 0 Å². The molecule has 0 saturated heterocycles. The first-order chi connectivity index (χ1) is 20.3.